The molecule has 0 aliphatic heterocycles. The minimum Gasteiger partial charge on any atom is -0.326 e. The Bertz CT molecular complexity index is 490. The largest absolute Gasteiger partial charge is 0.326 e. The average molecular weight is 288 g/mol. The van der Waals surface area contributed by atoms with Crippen molar-refractivity contribution in [2.45, 2.75) is 65.5 Å². The van der Waals surface area contributed by atoms with Gasteiger partial charge < -0.3 is 10.6 Å². The van der Waals surface area contributed by atoms with Crippen LogP contribution in [0.15, 0.2) is 18.2 Å². The first-order valence-electron chi connectivity index (χ1n) is 8.17. The Hall–Kier alpha value is -1.35. The Labute approximate surface area is 128 Å². The fourth-order valence-corrected chi connectivity index (χ4v) is 3.29. The second-order valence-electron chi connectivity index (χ2n) is 6.45. The number of hydrogen-bond donors (Lipinski definition) is 1. The zero-order chi connectivity index (χ0) is 15.4. The van der Waals surface area contributed by atoms with Crippen molar-refractivity contribution in [1.82, 2.24) is 0 Å². The molecule has 1 aromatic carbocycles. The van der Waals surface area contributed by atoms with Gasteiger partial charge in [-0.2, -0.15) is 0 Å². The van der Waals surface area contributed by atoms with Crippen LogP contribution in [0.1, 0.15) is 57.1 Å². The Morgan fingerprint density at radius 1 is 1.29 bits per heavy atom. The van der Waals surface area contributed by atoms with Crippen LogP contribution in [0.2, 0.25) is 0 Å². The van der Waals surface area contributed by atoms with E-state index in [1.165, 1.54) is 19.3 Å². The Balaban J connectivity index is 2.25. The molecule has 116 valence electrons. The number of nitrogens with zero attached hydrogens (tertiary/aromatic N) is 1. The van der Waals surface area contributed by atoms with Gasteiger partial charge in [0.05, 0.1) is 0 Å². The van der Waals surface area contributed by atoms with Crippen LogP contribution >= 0.6 is 0 Å². The van der Waals surface area contributed by atoms with E-state index in [-0.39, 0.29) is 12.0 Å². The summed E-state index contributed by atoms with van der Waals surface area (Å²) in [7, 11) is 0. The van der Waals surface area contributed by atoms with Crippen LogP contribution in [0, 0.1) is 12.8 Å². The highest BCUT2D eigenvalue weighted by atomic mass is 16.2. The molecule has 1 saturated carbocycles. The van der Waals surface area contributed by atoms with Gasteiger partial charge in [-0.25, -0.2) is 0 Å². The highest BCUT2D eigenvalue weighted by Crippen LogP contribution is 2.29. The van der Waals surface area contributed by atoms with Crippen molar-refractivity contribution in [1.29, 1.82) is 0 Å². The molecule has 21 heavy (non-hydrogen) atoms. The zero-order valence-electron chi connectivity index (χ0n) is 13.6. The molecule has 1 aliphatic rings. The van der Waals surface area contributed by atoms with Crippen LogP contribution in [0.25, 0.3) is 0 Å². The number of carbonyl (C=O) groups is 1. The molecule has 0 aromatic heterocycles. The van der Waals surface area contributed by atoms with Crippen molar-refractivity contribution in [2.24, 2.45) is 11.7 Å². The van der Waals surface area contributed by atoms with E-state index in [0.29, 0.717) is 12.5 Å². The fraction of sp³-hybridized carbons (Fsp3) is 0.611. The minimum absolute atomic E-state index is 0.183. The van der Waals surface area contributed by atoms with Gasteiger partial charge in [-0.3, -0.25) is 4.79 Å². The normalized spacial score (nSPS) is 16.2. The number of anilines is 1. The number of benzene rings is 1. The maximum atomic E-state index is 12.9. The van der Waals surface area contributed by atoms with Crippen molar-refractivity contribution in [3.05, 3.63) is 29.3 Å². The molecule has 1 amide bonds. The Morgan fingerprint density at radius 3 is 2.48 bits per heavy atom. The smallest absolute Gasteiger partial charge is 0.230 e. The van der Waals surface area contributed by atoms with Crippen molar-refractivity contribution < 1.29 is 4.79 Å². The first-order chi connectivity index (χ1) is 10.0. The summed E-state index contributed by atoms with van der Waals surface area (Å²) < 4.78 is 0. The van der Waals surface area contributed by atoms with E-state index in [9.17, 15) is 4.79 Å². The number of nitrogens with two attached hydrogens (primary N) is 1. The summed E-state index contributed by atoms with van der Waals surface area (Å²) in [5.41, 5.74) is 9.05. The molecule has 1 aliphatic carbocycles. The predicted octanol–water partition coefficient (Wildman–Crippen LogP) is 3.78. The lowest BCUT2D eigenvalue weighted by atomic mass is 9.88. The molecule has 0 heterocycles. The SMILES string of the molecule is Cc1cc(N(C(=O)C2CCCCC2)C(C)C)ccc1CN. The van der Waals surface area contributed by atoms with E-state index < -0.39 is 0 Å². The van der Waals surface area contributed by atoms with Gasteiger partial charge in [0.2, 0.25) is 5.91 Å². The molecule has 0 unspecified atom stereocenters. The fourth-order valence-electron chi connectivity index (χ4n) is 3.29. The summed E-state index contributed by atoms with van der Waals surface area (Å²) in [6, 6.07) is 6.37. The first-order valence-corrected chi connectivity index (χ1v) is 8.17. The van der Waals surface area contributed by atoms with Crippen LogP contribution in [-0.4, -0.2) is 11.9 Å². The Morgan fingerprint density at radius 2 is 1.95 bits per heavy atom. The lowest BCUT2D eigenvalue weighted by Gasteiger charge is -2.32. The molecule has 0 saturated heterocycles. The quantitative estimate of drug-likeness (QED) is 0.916. The second-order valence-corrected chi connectivity index (χ2v) is 6.45. The number of carbonyl (C=O) groups excluding carboxylic acids is 1. The van der Waals surface area contributed by atoms with Gasteiger partial charge in [-0.15, -0.1) is 0 Å². The third-order valence-electron chi connectivity index (χ3n) is 4.53. The van der Waals surface area contributed by atoms with E-state index in [1.54, 1.807) is 0 Å². The highest BCUT2D eigenvalue weighted by molar-refractivity contribution is 5.95. The third kappa shape index (κ3) is 3.65. The summed E-state index contributed by atoms with van der Waals surface area (Å²) in [6.45, 7) is 6.79. The van der Waals surface area contributed by atoms with Crippen LogP contribution < -0.4 is 10.6 Å². The van der Waals surface area contributed by atoms with Gasteiger partial charge in [-0.05, 0) is 56.9 Å². The van der Waals surface area contributed by atoms with Crippen LogP contribution in [0.4, 0.5) is 5.69 Å². The molecule has 3 nitrogen and oxygen atoms in total. The summed E-state index contributed by atoms with van der Waals surface area (Å²) in [4.78, 5) is 14.9. The van der Waals surface area contributed by atoms with Gasteiger partial charge >= 0.3 is 0 Å². The Kier molecular flexibility index (Phi) is 5.40. The standard InChI is InChI=1S/C18H28N2O/c1-13(2)20(18(21)15-7-5-4-6-8-15)17-10-9-16(12-19)14(3)11-17/h9-11,13,15H,4-8,12,19H2,1-3H3. The molecule has 1 aromatic rings. The van der Waals surface area contributed by atoms with Crippen molar-refractivity contribution in [3.63, 3.8) is 0 Å². The lowest BCUT2D eigenvalue weighted by Crippen LogP contribution is -2.41. The predicted molar refractivity (Wildman–Crippen MR) is 88.3 cm³/mol. The van der Waals surface area contributed by atoms with Crippen LogP contribution in [0.5, 0.6) is 0 Å². The summed E-state index contributed by atoms with van der Waals surface area (Å²) in [6.07, 6.45) is 5.74. The number of hydrogen-bond acceptors (Lipinski definition) is 2. The minimum atomic E-state index is 0.183. The van der Waals surface area contributed by atoms with Gasteiger partial charge in [0, 0.05) is 24.2 Å². The summed E-state index contributed by atoms with van der Waals surface area (Å²) in [5, 5.41) is 0. The van der Waals surface area contributed by atoms with Crippen molar-refractivity contribution >= 4 is 11.6 Å². The third-order valence-corrected chi connectivity index (χ3v) is 4.53. The molecule has 0 bridgehead atoms. The van der Waals surface area contributed by atoms with E-state index >= 15 is 0 Å². The molecule has 1 fully saturated rings. The molecule has 0 radical (unpaired) electrons. The van der Waals surface area contributed by atoms with Gasteiger partial charge in [0.25, 0.3) is 0 Å². The molecule has 0 atom stereocenters. The first kappa shape index (κ1) is 16.0. The number of amides is 1. The molecular weight excluding hydrogens is 260 g/mol. The van der Waals surface area contributed by atoms with E-state index in [4.69, 9.17) is 5.73 Å². The van der Waals surface area contributed by atoms with Crippen molar-refractivity contribution in [3.8, 4) is 0 Å². The topological polar surface area (TPSA) is 46.3 Å². The van der Waals surface area contributed by atoms with E-state index in [0.717, 1.165) is 29.7 Å². The second kappa shape index (κ2) is 7.08. The van der Waals surface area contributed by atoms with Crippen molar-refractivity contribution in [2.75, 3.05) is 4.90 Å². The molecule has 2 N–H and O–H groups in total. The number of aryl methyl sites for hydroxylation is 1. The van der Waals surface area contributed by atoms with Crippen LogP contribution in [-0.2, 0) is 11.3 Å². The lowest BCUT2D eigenvalue weighted by molar-refractivity contribution is -0.123. The van der Waals surface area contributed by atoms with Gasteiger partial charge in [0.15, 0.2) is 0 Å². The number of rotatable bonds is 4. The zero-order valence-corrected chi connectivity index (χ0v) is 13.6. The maximum absolute atomic E-state index is 12.9. The summed E-state index contributed by atoms with van der Waals surface area (Å²) in [5.74, 6) is 0.500. The summed E-state index contributed by atoms with van der Waals surface area (Å²) >= 11 is 0. The monoisotopic (exact) mass is 288 g/mol. The molecular formula is C18H28N2O. The molecule has 0 spiro atoms. The highest BCUT2D eigenvalue weighted by Gasteiger charge is 2.28. The molecule has 3 heteroatoms. The average Bonchev–Trinajstić information content (AvgIpc) is 2.48. The van der Waals surface area contributed by atoms with E-state index in [1.807, 2.05) is 17.0 Å². The molecule has 2 rings (SSSR count). The van der Waals surface area contributed by atoms with E-state index in [2.05, 4.69) is 26.8 Å². The maximum Gasteiger partial charge on any atom is 0.230 e. The van der Waals surface area contributed by atoms with Gasteiger partial charge in [-0.1, -0.05) is 25.3 Å². The van der Waals surface area contributed by atoms with Crippen LogP contribution in [0.3, 0.4) is 0 Å². The van der Waals surface area contributed by atoms with Gasteiger partial charge in [0.1, 0.15) is 0 Å².